The van der Waals surface area contributed by atoms with Crippen LogP contribution in [0, 0.1) is 11.3 Å². The highest BCUT2D eigenvalue weighted by Gasteiger charge is 2.31. The Hall–Kier alpha value is -2.12. The summed E-state index contributed by atoms with van der Waals surface area (Å²) in [5.41, 5.74) is 11.7. The molecule has 23 heavy (non-hydrogen) atoms. The summed E-state index contributed by atoms with van der Waals surface area (Å²) in [4.78, 5) is 0. The molecule has 1 heterocycles. The maximum Gasteiger partial charge on any atom is 0.0995 e. The van der Waals surface area contributed by atoms with Gasteiger partial charge in [0.1, 0.15) is 0 Å². The van der Waals surface area contributed by atoms with Gasteiger partial charge in [-0.3, -0.25) is 4.68 Å². The van der Waals surface area contributed by atoms with Crippen LogP contribution in [0.3, 0.4) is 0 Å². The van der Waals surface area contributed by atoms with E-state index in [1.807, 2.05) is 24.3 Å². The summed E-state index contributed by atoms with van der Waals surface area (Å²) in [6, 6.07) is 10.1. The predicted octanol–water partition coefficient (Wildman–Crippen LogP) is 3.44. The van der Waals surface area contributed by atoms with E-state index >= 15 is 0 Å². The van der Waals surface area contributed by atoms with E-state index in [-0.39, 0.29) is 11.5 Å². The number of nitrogens with two attached hydrogens (primary N) is 1. The van der Waals surface area contributed by atoms with Crippen LogP contribution in [0.25, 0.3) is 0 Å². The molecule has 1 aliphatic carbocycles. The lowest BCUT2D eigenvalue weighted by molar-refractivity contribution is 0.524. The van der Waals surface area contributed by atoms with Crippen molar-refractivity contribution in [2.24, 2.45) is 5.73 Å². The van der Waals surface area contributed by atoms with Gasteiger partial charge in [0.05, 0.1) is 23.9 Å². The lowest BCUT2D eigenvalue weighted by Crippen LogP contribution is -2.22. The monoisotopic (exact) mass is 308 g/mol. The van der Waals surface area contributed by atoms with E-state index in [1.54, 1.807) is 0 Å². The molecule has 2 N–H and O–H groups in total. The standard InChI is InChI=1S/C19H24N4/c1-19(2,3)18-17-15(21)9-6-10-16(17)23(22-18)12-14-8-5-4-7-13(14)11-20/h4-5,7-8,15H,6,9-10,12,21H2,1-3H3. The van der Waals surface area contributed by atoms with Crippen LogP contribution in [0.1, 0.15) is 67.7 Å². The SMILES string of the molecule is CC(C)(C)c1nn(Cc2ccccc2C#N)c2c1C(N)CCC2. The number of rotatable bonds is 2. The molecular formula is C19H24N4. The summed E-state index contributed by atoms with van der Waals surface area (Å²) in [5, 5.41) is 14.2. The van der Waals surface area contributed by atoms with Crippen LogP contribution in [-0.2, 0) is 18.4 Å². The minimum atomic E-state index is -0.0287. The van der Waals surface area contributed by atoms with Crippen molar-refractivity contribution in [2.75, 3.05) is 0 Å². The quantitative estimate of drug-likeness (QED) is 0.924. The summed E-state index contributed by atoms with van der Waals surface area (Å²) >= 11 is 0. The van der Waals surface area contributed by atoms with Gasteiger partial charge in [0, 0.05) is 22.7 Å². The molecule has 1 atom stereocenters. The zero-order valence-corrected chi connectivity index (χ0v) is 14.1. The molecule has 120 valence electrons. The van der Waals surface area contributed by atoms with Gasteiger partial charge in [-0.15, -0.1) is 0 Å². The molecule has 4 heteroatoms. The van der Waals surface area contributed by atoms with E-state index in [2.05, 4.69) is 31.5 Å². The maximum absolute atomic E-state index is 9.31. The minimum absolute atomic E-state index is 0.0287. The van der Waals surface area contributed by atoms with Crippen molar-refractivity contribution in [2.45, 2.75) is 58.0 Å². The molecule has 1 aromatic heterocycles. The van der Waals surface area contributed by atoms with Crippen molar-refractivity contribution in [1.82, 2.24) is 9.78 Å². The fraction of sp³-hybridized carbons (Fsp3) is 0.474. The molecule has 1 unspecified atom stereocenters. The highest BCUT2D eigenvalue weighted by Crippen LogP contribution is 2.36. The van der Waals surface area contributed by atoms with Gasteiger partial charge in [-0.25, -0.2) is 0 Å². The van der Waals surface area contributed by atoms with E-state index in [1.165, 1.54) is 11.3 Å². The number of hydrogen-bond donors (Lipinski definition) is 1. The summed E-state index contributed by atoms with van der Waals surface area (Å²) in [6.07, 6.45) is 3.14. The molecule has 0 amide bonds. The van der Waals surface area contributed by atoms with Gasteiger partial charge < -0.3 is 5.73 Å². The van der Waals surface area contributed by atoms with Crippen molar-refractivity contribution < 1.29 is 0 Å². The molecular weight excluding hydrogens is 284 g/mol. The second-order valence-corrected chi connectivity index (χ2v) is 7.38. The van der Waals surface area contributed by atoms with Gasteiger partial charge in [0.2, 0.25) is 0 Å². The second-order valence-electron chi connectivity index (χ2n) is 7.38. The molecule has 0 spiro atoms. The second kappa shape index (κ2) is 5.82. The van der Waals surface area contributed by atoms with Crippen molar-refractivity contribution in [3.05, 3.63) is 52.3 Å². The fourth-order valence-corrected chi connectivity index (χ4v) is 3.41. The lowest BCUT2D eigenvalue weighted by atomic mass is 9.82. The molecule has 1 aromatic carbocycles. The number of fused-ring (bicyclic) bond motifs is 1. The first-order valence-corrected chi connectivity index (χ1v) is 8.25. The largest absolute Gasteiger partial charge is 0.324 e. The third-order valence-corrected chi connectivity index (χ3v) is 4.57. The van der Waals surface area contributed by atoms with Gasteiger partial charge in [-0.1, -0.05) is 39.0 Å². The number of benzene rings is 1. The zero-order valence-electron chi connectivity index (χ0n) is 14.1. The average Bonchev–Trinajstić information content (AvgIpc) is 2.88. The van der Waals surface area contributed by atoms with Gasteiger partial charge in [-0.2, -0.15) is 10.4 Å². The Morgan fingerprint density at radius 1 is 1.35 bits per heavy atom. The Labute approximate surface area is 137 Å². The van der Waals surface area contributed by atoms with Gasteiger partial charge in [-0.05, 0) is 30.9 Å². The number of hydrogen-bond acceptors (Lipinski definition) is 3. The van der Waals surface area contributed by atoms with E-state index in [4.69, 9.17) is 10.8 Å². The van der Waals surface area contributed by atoms with E-state index in [9.17, 15) is 5.26 Å². The van der Waals surface area contributed by atoms with Crippen LogP contribution < -0.4 is 5.73 Å². The van der Waals surface area contributed by atoms with Crippen molar-refractivity contribution in [3.8, 4) is 6.07 Å². The van der Waals surface area contributed by atoms with Gasteiger partial charge >= 0.3 is 0 Å². The molecule has 3 rings (SSSR count). The molecule has 0 fully saturated rings. The zero-order chi connectivity index (χ0) is 16.6. The first-order valence-electron chi connectivity index (χ1n) is 8.25. The van der Waals surface area contributed by atoms with Crippen LogP contribution in [-0.4, -0.2) is 9.78 Å². The Morgan fingerprint density at radius 3 is 2.78 bits per heavy atom. The highest BCUT2D eigenvalue weighted by atomic mass is 15.3. The number of nitrogens with zero attached hydrogens (tertiary/aromatic N) is 3. The molecule has 4 nitrogen and oxygen atoms in total. The summed E-state index contributed by atoms with van der Waals surface area (Å²) in [5.74, 6) is 0. The van der Waals surface area contributed by atoms with E-state index in [0.29, 0.717) is 12.1 Å². The lowest BCUT2D eigenvalue weighted by Gasteiger charge is -2.24. The topological polar surface area (TPSA) is 67.6 Å². The summed E-state index contributed by atoms with van der Waals surface area (Å²) in [6.45, 7) is 7.19. The predicted molar refractivity (Wildman–Crippen MR) is 91.1 cm³/mol. The van der Waals surface area contributed by atoms with Crippen molar-refractivity contribution >= 4 is 0 Å². The Kier molecular flexibility index (Phi) is 3.99. The van der Waals surface area contributed by atoms with Crippen molar-refractivity contribution in [1.29, 1.82) is 5.26 Å². The highest BCUT2D eigenvalue weighted by molar-refractivity contribution is 5.40. The third kappa shape index (κ3) is 2.89. The average molecular weight is 308 g/mol. The maximum atomic E-state index is 9.31. The van der Waals surface area contributed by atoms with Crippen LogP contribution in [0.5, 0.6) is 0 Å². The van der Waals surface area contributed by atoms with Crippen LogP contribution in [0.2, 0.25) is 0 Å². The van der Waals surface area contributed by atoms with Crippen LogP contribution >= 0.6 is 0 Å². The third-order valence-electron chi connectivity index (χ3n) is 4.57. The van der Waals surface area contributed by atoms with Crippen LogP contribution in [0.15, 0.2) is 24.3 Å². The molecule has 0 saturated heterocycles. The van der Waals surface area contributed by atoms with Gasteiger partial charge in [0.15, 0.2) is 0 Å². The summed E-state index contributed by atoms with van der Waals surface area (Å²) < 4.78 is 2.07. The van der Waals surface area contributed by atoms with Gasteiger partial charge in [0.25, 0.3) is 0 Å². The first-order chi connectivity index (χ1) is 10.9. The Bertz CT molecular complexity index is 759. The first kappa shape index (κ1) is 15.8. The molecule has 0 aliphatic heterocycles. The van der Waals surface area contributed by atoms with Crippen molar-refractivity contribution in [3.63, 3.8) is 0 Å². The Balaban J connectivity index is 2.09. The van der Waals surface area contributed by atoms with Crippen LogP contribution in [0.4, 0.5) is 0 Å². The van der Waals surface area contributed by atoms with E-state index in [0.717, 1.165) is 30.5 Å². The molecule has 0 saturated carbocycles. The Morgan fingerprint density at radius 2 is 2.09 bits per heavy atom. The number of nitriles is 1. The molecule has 1 aliphatic rings. The summed E-state index contributed by atoms with van der Waals surface area (Å²) in [7, 11) is 0. The molecule has 0 bridgehead atoms. The smallest absolute Gasteiger partial charge is 0.0995 e. The normalized spacial score (nSPS) is 17.6. The number of aromatic nitrogens is 2. The molecule has 0 radical (unpaired) electrons. The minimum Gasteiger partial charge on any atom is -0.324 e. The molecule has 2 aromatic rings. The fourth-order valence-electron chi connectivity index (χ4n) is 3.41. The van der Waals surface area contributed by atoms with E-state index < -0.39 is 0 Å².